The van der Waals surface area contributed by atoms with Crippen LogP contribution in [0.4, 0.5) is 4.39 Å². The maximum Gasteiger partial charge on any atom is 0.128 e. The van der Waals surface area contributed by atoms with Gasteiger partial charge in [-0.1, -0.05) is 51.8 Å². The summed E-state index contributed by atoms with van der Waals surface area (Å²) in [5.41, 5.74) is 0.884. The van der Waals surface area contributed by atoms with Crippen LogP contribution in [0.15, 0.2) is 24.3 Å². The van der Waals surface area contributed by atoms with Crippen LogP contribution in [0, 0.1) is 5.82 Å². The third-order valence-electron chi connectivity index (χ3n) is 5.02. The van der Waals surface area contributed by atoms with E-state index in [9.17, 15) is 4.39 Å². The standard InChI is InChI=1S/C18H29FN2/c1-4-20-17(15-11-7-8-12-16(15)19)18(13-9-10-14-18)21(5-2)6-3/h7-8,11-12,17,20H,4-6,9-10,13-14H2,1-3H3. The molecule has 118 valence electrons. The third-order valence-corrected chi connectivity index (χ3v) is 5.02. The van der Waals surface area contributed by atoms with Crippen molar-refractivity contribution in [2.24, 2.45) is 0 Å². The number of nitrogens with one attached hydrogen (secondary N) is 1. The molecule has 1 atom stereocenters. The molecular weight excluding hydrogens is 263 g/mol. The molecule has 0 heterocycles. The van der Waals surface area contributed by atoms with Gasteiger partial charge in [0, 0.05) is 11.1 Å². The summed E-state index contributed by atoms with van der Waals surface area (Å²) in [4.78, 5) is 2.54. The molecule has 1 aliphatic carbocycles. The van der Waals surface area contributed by atoms with E-state index in [1.54, 1.807) is 12.1 Å². The first-order valence-electron chi connectivity index (χ1n) is 8.42. The van der Waals surface area contributed by atoms with Crippen LogP contribution < -0.4 is 5.32 Å². The minimum absolute atomic E-state index is 0.0572. The highest BCUT2D eigenvalue weighted by molar-refractivity contribution is 5.26. The Kier molecular flexibility index (Phi) is 5.77. The van der Waals surface area contributed by atoms with Gasteiger partial charge in [-0.3, -0.25) is 4.90 Å². The first-order chi connectivity index (χ1) is 10.2. The van der Waals surface area contributed by atoms with Crippen molar-refractivity contribution in [1.82, 2.24) is 10.2 Å². The lowest BCUT2D eigenvalue weighted by Crippen LogP contribution is -2.55. The topological polar surface area (TPSA) is 15.3 Å². The monoisotopic (exact) mass is 292 g/mol. The van der Waals surface area contributed by atoms with Crippen LogP contribution in [0.3, 0.4) is 0 Å². The number of benzene rings is 1. The molecule has 1 unspecified atom stereocenters. The normalized spacial score (nSPS) is 19.1. The van der Waals surface area contributed by atoms with Gasteiger partial charge in [0.25, 0.3) is 0 Å². The molecule has 0 aliphatic heterocycles. The van der Waals surface area contributed by atoms with Gasteiger partial charge in [0.15, 0.2) is 0 Å². The maximum atomic E-state index is 14.4. The van der Waals surface area contributed by atoms with E-state index in [-0.39, 0.29) is 17.4 Å². The Bertz CT molecular complexity index is 437. The lowest BCUT2D eigenvalue weighted by Gasteiger charge is -2.47. The van der Waals surface area contributed by atoms with Gasteiger partial charge in [-0.25, -0.2) is 4.39 Å². The van der Waals surface area contributed by atoms with Crippen LogP contribution in [0.1, 0.15) is 58.1 Å². The van der Waals surface area contributed by atoms with Gasteiger partial charge in [0.1, 0.15) is 5.82 Å². The Morgan fingerprint density at radius 3 is 2.29 bits per heavy atom. The second-order valence-electron chi connectivity index (χ2n) is 6.00. The van der Waals surface area contributed by atoms with Crippen LogP contribution in [0.25, 0.3) is 0 Å². The molecule has 1 aliphatic rings. The molecule has 2 nitrogen and oxygen atoms in total. The van der Waals surface area contributed by atoms with Gasteiger partial charge in [-0.15, -0.1) is 0 Å². The first-order valence-corrected chi connectivity index (χ1v) is 8.42. The molecule has 1 N–H and O–H groups in total. The van der Waals surface area contributed by atoms with Crippen molar-refractivity contribution in [1.29, 1.82) is 0 Å². The summed E-state index contributed by atoms with van der Waals surface area (Å²) in [6.45, 7) is 9.45. The number of halogens is 1. The van der Waals surface area contributed by atoms with E-state index in [0.717, 1.165) is 38.0 Å². The molecule has 0 bridgehead atoms. The first kappa shape index (κ1) is 16.4. The van der Waals surface area contributed by atoms with Crippen molar-refractivity contribution in [3.63, 3.8) is 0 Å². The van der Waals surface area contributed by atoms with E-state index >= 15 is 0 Å². The fourth-order valence-corrected chi connectivity index (χ4v) is 4.13. The van der Waals surface area contributed by atoms with Crippen molar-refractivity contribution in [2.45, 2.75) is 58.0 Å². The summed E-state index contributed by atoms with van der Waals surface area (Å²) in [6, 6.07) is 7.34. The molecule has 3 heteroatoms. The minimum Gasteiger partial charge on any atom is -0.309 e. The summed E-state index contributed by atoms with van der Waals surface area (Å²) in [5, 5.41) is 3.59. The molecule has 21 heavy (non-hydrogen) atoms. The Morgan fingerprint density at radius 2 is 1.76 bits per heavy atom. The van der Waals surface area contributed by atoms with E-state index in [2.05, 4.69) is 31.0 Å². The van der Waals surface area contributed by atoms with Crippen LogP contribution in [0.5, 0.6) is 0 Å². The van der Waals surface area contributed by atoms with Gasteiger partial charge in [-0.2, -0.15) is 0 Å². The highest BCUT2D eigenvalue weighted by Gasteiger charge is 2.45. The van der Waals surface area contributed by atoms with E-state index < -0.39 is 0 Å². The summed E-state index contributed by atoms with van der Waals surface area (Å²) < 4.78 is 14.4. The average Bonchev–Trinajstić information content (AvgIpc) is 2.97. The van der Waals surface area contributed by atoms with Gasteiger partial charge >= 0.3 is 0 Å². The van der Waals surface area contributed by atoms with E-state index in [1.807, 2.05) is 12.1 Å². The second-order valence-corrected chi connectivity index (χ2v) is 6.00. The average molecular weight is 292 g/mol. The number of hydrogen-bond acceptors (Lipinski definition) is 2. The van der Waals surface area contributed by atoms with Gasteiger partial charge in [0.2, 0.25) is 0 Å². The third kappa shape index (κ3) is 3.14. The van der Waals surface area contributed by atoms with Gasteiger partial charge in [0.05, 0.1) is 6.04 Å². The van der Waals surface area contributed by atoms with Crippen molar-refractivity contribution < 1.29 is 4.39 Å². The molecule has 0 aromatic heterocycles. The van der Waals surface area contributed by atoms with E-state index in [0.29, 0.717) is 0 Å². The van der Waals surface area contributed by atoms with Crippen molar-refractivity contribution in [2.75, 3.05) is 19.6 Å². The van der Waals surface area contributed by atoms with Crippen molar-refractivity contribution in [3.05, 3.63) is 35.6 Å². The van der Waals surface area contributed by atoms with Crippen LogP contribution in [0.2, 0.25) is 0 Å². The number of hydrogen-bond donors (Lipinski definition) is 1. The van der Waals surface area contributed by atoms with Crippen molar-refractivity contribution >= 4 is 0 Å². The quantitative estimate of drug-likeness (QED) is 0.813. The maximum absolute atomic E-state index is 14.4. The van der Waals surface area contributed by atoms with Gasteiger partial charge in [-0.05, 0) is 38.5 Å². The summed E-state index contributed by atoms with van der Waals surface area (Å²) in [7, 11) is 0. The van der Waals surface area contributed by atoms with E-state index in [1.165, 1.54) is 12.8 Å². The highest BCUT2D eigenvalue weighted by Crippen LogP contribution is 2.45. The number of nitrogens with zero attached hydrogens (tertiary/aromatic N) is 1. The van der Waals surface area contributed by atoms with Gasteiger partial charge < -0.3 is 5.32 Å². The Hall–Kier alpha value is -0.930. The zero-order valence-electron chi connectivity index (χ0n) is 13.7. The molecule has 0 radical (unpaired) electrons. The number of likely N-dealkylation sites (N-methyl/N-ethyl adjacent to an activating group) is 2. The predicted molar refractivity (Wildman–Crippen MR) is 86.9 cm³/mol. The Morgan fingerprint density at radius 1 is 1.14 bits per heavy atom. The largest absolute Gasteiger partial charge is 0.309 e. The van der Waals surface area contributed by atoms with Crippen LogP contribution in [-0.2, 0) is 0 Å². The van der Waals surface area contributed by atoms with Crippen LogP contribution in [-0.4, -0.2) is 30.1 Å². The smallest absolute Gasteiger partial charge is 0.128 e. The van der Waals surface area contributed by atoms with E-state index in [4.69, 9.17) is 0 Å². The lowest BCUT2D eigenvalue weighted by atomic mass is 9.81. The highest BCUT2D eigenvalue weighted by atomic mass is 19.1. The molecular formula is C18H29FN2. The molecule has 1 fully saturated rings. The molecule has 0 amide bonds. The fraction of sp³-hybridized carbons (Fsp3) is 0.667. The molecule has 1 aromatic rings. The zero-order valence-corrected chi connectivity index (χ0v) is 13.7. The SMILES string of the molecule is CCNC(c1ccccc1F)C1(N(CC)CC)CCCC1. The molecule has 2 rings (SSSR count). The molecule has 0 saturated heterocycles. The van der Waals surface area contributed by atoms with Crippen molar-refractivity contribution in [3.8, 4) is 0 Å². The summed E-state index contributed by atoms with van der Waals surface area (Å²) >= 11 is 0. The zero-order chi connectivity index (χ0) is 15.3. The molecule has 0 spiro atoms. The predicted octanol–water partition coefficient (Wildman–Crippen LogP) is 4.13. The Labute approximate surface area is 128 Å². The van der Waals surface area contributed by atoms with Crippen LogP contribution >= 0.6 is 0 Å². The summed E-state index contributed by atoms with van der Waals surface area (Å²) in [6.07, 6.45) is 4.79. The number of rotatable bonds is 7. The minimum atomic E-state index is -0.0816. The molecule has 1 aromatic carbocycles. The summed E-state index contributed by atoms with van der Waals surface area (Å²) in [5.74, 6) is -0.0816. The second kappa shape index (κ2) is 7.37. The lowest BCUT2D eigenvalue weighted by molar-refractivity contribution is 0.0619. The fourth-order valence-electron chi connectivity index (χ4n) is 4.13. The Balaban J connectivity index is 2.45. The molecule has 1 saturated carbocycles.